The number of hydrazone groups is 1. The summed E-state index contributed by atoms with van der Waals surface area (Å²) in [6.07, 6.45) is 1.73. The van der Waals surface area contributed by atoms with E-state index in [9.17, 15) is 4.79 Å². The minimum Gasteiger partial charge on any atom is -0.494 e. The van der Waals surface area contributed by atoms with Crippen LogP contribution in [0.4, 0.5) is 4.79 Å². The van der Waals surface area contributed by atoms with E-state index in [2.05, 4.69) is 65.5 Å². The summed E-state index contributed by atoms with van der Waals surface area (Å²) in [5.74, 6) is 0.845. The first-order valence-corrected chi connectivity index (χ1v) is 12.3. The maximum absolute atomic E-state index is 12.6. The SMILES string of the molecule is CNC(=O)N1N=C(c2ccc(C)cc2)c2cc(OCCCN3CCN(C)CC3)ccc2C[C@H]1C. The van der Waals surface area contributed by atoms with Crippen molar-refractivity contribution in [2.24, 2.45) is 5.10 Å². The molecule has 182 valence electrons. The molecule has 0 bridgehead atoms. The second-order valence-corrected chi connectivity index (χ2v) is 9.43. The molecule has 34 heavy (non-hydrogen) atoms. The monoisotopic (exact) mass is 463 g/mol. The van der Waals surface area contributed by atoms with Gasteiger partial charge in [0.2, 0.25) is 0 Å². The molecule has 7 nitrogen and oxygen atoms in total. The average molecular weight is 464 g/mol. The minimum atomic E-state index is -0.203. The largest absolute Gasteiger partial charge is 0.494 e. The van der Waals surface area contributed by atoms with E-state index < -0.39 is 0 Å². The molecule has 0 aliphatic carbocycles. The van der Waals surface area contributed by atoms with E-state index in [1.807, 2.05) is 13.0 Å². The van der Waals surface area contributed by atoms with Gasteiger partial charge in [-0.1, -0.05) is 35.9 Å². The van der Waals surface area contributed by atoms with Crippen LogP contribution in [0.25, 0.3) is 0 Å². The molecule has 0 spiro atoms. The van der Waals surface area contributed by atoms with Crippen LogP contribution in [0.3, 0.4) is 0 Å². The van der Waals surface area contributed by atoms with Crippen molar-refractivity contribution in [2.45, 2.75) is 32.7 Å². The summed E-state index contributed by atoms with van der Waals surface area (Å²) in [5.41, 5.74) is 5.17. The molecule has 4 rings (SSSR count). The van der Waals surface area contributed by atoms with Gasteiger partial charge in [-0.3, -0.25) is 0 Å². The fourth-order valence-corrected chi connectivity index (χ4v) is 4.54. The number of rotatable bonds is 6. The average Bonchev–Trinajstić information content (AvgIpc) is 2.99. The van der Waals surface area contributed by atoms with Gasteiger partial charge in [-0.25, -0.2) is 9.80 Å². The summed E-state index contributed by atoms with van der Waals surface area (Å²) in [6, 6.07) is 14.3. The lowest BCUT2D eigenvalue weighted by atomic mass is 9.94. The van der Waals surface area contributed by atoms with E-state index in [4.69, 9.17) is 9.84 Å². The minimum absolute atomic E-state index is 0.0583. The van der Waals surface area contributed by atoms with Gasteiger partial charge in [-0.05, 0) is 51.4 Å². The predicted octanol–water partition coefficient (Wildman–Crippen LogP) is 3.35. The number of nitrogens with zero attached hydrogens (tertiary/aromatic N) is 4. The number of hydrogen-bond donors (Lipinski definition) is 1. The van der Waals surface area contributed by atoms with Gasteiger partial charge in [-0.15, -0.1) is 0 Å². The first-order valence-electron chi connectivity index (χ1n) is 12.3. The third-order valence-electron chi connectivity index (χ3n) is 6.71. The quantitative estimate of drug-likeness (QED) is 0.668. The molecule has 1 atom stereocenters. The highest BCUT2D eigenvalue weighted by Crippen LogP contribution is 2.27. The maximum Gasteiger partial charge on any atom is 0.337 e. The summed E-state index contributed by atoms with van der Waals surface area (Å²) in [6.45, 7) is 10.4. The Labute approximate surface area is 203 Å². The number of piperazine rings is 1. The van der Waals surface area contributed by atoms with Crippen molar-refractivity contribution in [3.63, 3.8) is 0 Å². The zero-order valence-corrected chi connectivity index (χ0v) is 20.9. The van der Waals surface area contributed by atoms with Crippen LogP contribution in [0.2, 0.25) is 0 Å². The fraction of sp³-hybridized carbons (Fsp3) is 0.481. The van der Waals surface area contributed by atoms with Crippen LogP contribution >= 0.6 is 0 Å². The molecule has 1 N–H and O–H groups in total. The second kappa shape index (κ2) is 11.0. The number of carbonyl (C=O) groups excluding carboxylic acids is 1. The van der Waals surface area contributed by atoms with Gasteiger partial charge in [0, 0.05) is 50.9 Å². The summed E-state index contributed by atoms with van der Waals surface area (Å²) in [5, 5.41) is 9.13. The zero-order chi connectivity index (χ0) is 24.1. The molecular formula is C27H37N5O2. The fourth-order valence-electron chi connectivity index (χ4n) is 4.54. The van der Waals surface area contributed by atoms with Crippen LogP contribution in [0.1, 0.15) is 35.6 Å². The van der Waals surface area contributed by atoms with Gasteiger partial charge in [-0.2, -0.15) is 5.10 Å². The van der Waals surface area contributed by atoms with E-state index in [-0.39, 0.29) is 12.1 Å². The van der Waals surface area contributed by atoms with Crippen LogP contribution in [-0.2, 0) is 6.42 Å². The molecular weight excluding hydrogens is 426 g/mol. The summed E-state index contributed by atoms with van der Waals surface area (Å²) >= 11 is 0. The van der Waals surface area contributed by atoms with Crippen molar-refractivity contribution in [3.8, 4) is 5.75 Å². The highest BCUT2D eigenvalue weighted by molar-refractivity contribution is 6.14. The van der Waals surface area contributed by atoms with Crippen molar-refractivity contribution in [1.29, 1.82) is 0 Å². The Balaban J connectivity index is 1.53. The van der Waals surface area contributed by atoms with E-state index in [0.29, 0.717) is 6.61 Å². The van der Waals surface area contributed by atoms with Crippen molar-refractivity contribution in [3.05, 3.63) is 64.7 Å². The number of carbonyl (C=O) groups is 1. The van der Waals surface area contributed by atoms with Crippen LogP contribution < -0.4 is 10.1 Å². The molecule has 2 aliphatic heterocycles. The van der Waals surface area contributed by atoms with E-state index in [1.165, 1.54) is 11.1 Å². The highest BCUT2D eigenvalue weighted by Gasteiger charge is 2.27. The van der Waals surface area contributed by atoms with E-state index in [1.54, 1.807) is 12.1 Å². The van der Waals surface area contributed by atoms with Crippen LogP contribution in [0.5, 0.6) is 5.75 Å². The topological polar surface area (TPSA) is 60.4 Å². The van der Waals surface area contributed by atoms with Crippen molar-refractivity contribution >= 4 is 11.7 Å². The lowest BCUT2D eigenvalue weighted by molar-refractivity contribution is 0.145. The molecule has 0 radical (unpaired) electrons. The molecule has 7 heteroatoms. The number of aryl methyl sites for hydroxylation is 1. The normalized spacial score (nSPS) is 19.2. The lowest BCUT2D eigenvalue weighted by Crippen LogP contribution is -2.44. The Kier molecular flexibility index (Phi) is 7.85. The van der Waals surface area contributed by atoms with Crippen molar-refractivity contribution < 1.29 is 9.53 Å². The Morgan fingerprint density at radius 1 is 1.12 bits per heavy atom. The van der Waals surface area contributed by atoms with E-state index in [0.717, 1.165) is 68.2 Å². The first kappa shape index (κ1) is 24.2. The first-order chi connectivity index (χ1) is 16.4. The molecule has 2 heterocycles. The number of likely N-dealkylation sites (N-methyl/N-ethyl adjacent to an activating group) is 1. The van der Waals surface area contributed by atoms with Gasteiger partial charge in [0.05, 0.1) is 18.4 Å². The Morgan fingerprint density at radius 2 is 1.85 bits per heavy atom. The zero-order valence-electron chi connectivity index (χ0n) is 20.9. The van der Waals surface area contributed by atoms with Crippen LogP contribution in [-0.4, -0.2) is 86.0 Å². The summed E-state index contributed by atoms with van der Waals surface area (Å²) in [7, 11) is 3.82. The third kappa shape index (κ3) is 5.77. The predicted molar refractivity (Wildman–Crippen MR) is 137 cm³/mol. The standard InChI is InChI=1S/C27H37N5O2/c1-20-6-8-22(9-7-20)26-25-19-24(34-17-5-12-31-15-13-30(4)14-16-31)11-10-23(25)18-21(2)32(29-26)27(33)28-3/h6-11,19,21H,5,12-18H2,1-4H3,(H,28,33)/t21-/m1/s1. The van der Waals surface area contributed by atoms with Crippen LogP contribution in [0.15, 0.2) is 47.6 Å². The van der Waals surface area contributed by atoms with Gasteiger partial charge >= 0.3 is 6.03 Å². The molecule has 0 aromatic heterocycles. The lowest BCUT2D eigenvalue weighted by Gasteiger charge is -2.32. The van der Waals surface area contributed by atoms with Gasteiger partial charge in [0.1, 0.15) is 5.75 Å². The van der Waals surface area contributed by atoms with Gasteiger partial charge < -0.3 is 19.9 Å². The number of nitrogens with one attached hydrogen (secondary N) is 1. The molecule has 1 fully saturated rings. The molecule has 2 aromatic carbocycles. The Hall–Kier alpha value is -2.90. The number of hydrogen-bond acceptors (Lipinski definition) is 5. The Bertz CT molecular complexity index is 1010. The number of amides is 2. The van der Waals surface area contributed by atoms with Crippen LogP contribution in [0, 0.1) is 6.92 Å². The molecule has 1 saturated heterocycles. The van der Waals surface area contributed by atoms with E-state index >= 15 is 0 Å². The second-order valence-electron chi connectivity index (χ2n) is 9.43. The molecule has 2 aliphatic rings. The number of fused-ring (bicyclic) bond motifs is 1. The molecule has 2 aromatic rings. The smallest absolute Gasteiger partial charge is 0.337 e. The van der Waals surface area contributed by atoms with Crippen molar-refractivity contribution in [1.82, 2.24) is 20.1 Å². The van der Waals surface area contributed by atoms with Gasteiger partial charge in [0.25, 0.3) is 0 Å². The van der Waals surface area contributed by atoms with Crippen molar-refractivity contribution in [2.75, 3.05) is 53.4 Å². The summed E-state index contributed by atoms with van der Waals surface area (Å²) < 4.78 is 6.17. The number of benzene rings is 2. The number of urea groups is 1. The Morgan fingerprint density at radius 3 is 2.56 bits per heavy atom. The van der Waals surface area contributed by atoms with Gasteiger partial charge in [0.15, 0.2) is 0 Å². The number of ether oxygens (including phenoxy) is 1. The third-order valence-corrected chi connectivity index (χ3v) is 6.71. The summed E-state index contributed by atoms with van der Waals surface area (Å²) in [4.78, 5) is 17.5. The molecule has 0 saturated carbocycles. The molecule has 0 unspecified atom stereocenters. The highest BCUT2D eigenvalue weighted by atomic mass is 16.5. The maximum atomic E-state index is 12.6. The molecule has 2 amide bonds.